The van der Waals surface area contributed by atoms with Crippen LogP contribution in [0, 0.1) is 0 Å². The minimum absolute atomic E-state index is 0.222. The van der Waals surface area contributed by atoms with Crippen LogP contribution < -0.4 is 22.1 Å². The lowest BCUT2D eigenvalue weighted by Gasteiger charge is -2.12. The van der Waals surface area contributed by atoms with Gasteiger partial charge in [-0.05, 0) is 30.5 Å². The van der Waals surface area contributed by atoms with Gasteiger partial charge in [-0.25, -0.2) is 9.31 Å². The Kier molecular flexibility index (Phi) is 5.31. The number of amides is 3. The number of carbonyl (C=O) groups is 2. The van der Waals surface area contributed by atoms with Crippen LogP contribution in [-0.4, -0.2) is 34.1 Å². The second kappa shape index (κ2) is 7.41. The lowest BCUT2D eigenvalue weighted by Crippen LogP contribution is -2.41. The maximum atomic E-state index is 11.9. The third-order valence-corrected chi connectivity index (χ3v) is 3.30. The molecule has 0 bridgehead atoms. The van der Waals surface area contributed by atoms with Crippen LogP contribution in [0.5, 0.6) is 0 Å². The van der Waals surface area contributed by atoms with Gasteiger partial charge in [-0.1, -0.05) is 6.07 Å². The summed E-state index contributed by atoms with van der Waals surface area (Å²) >= 11 is 0. The van der Waals surface area contributed by atoms with Crippen LogP contribution in [0.3, 0.4) is 0 Å². The molecule has 0 aromatic carbocycles. The summed E-state index contributed by atoms with van der Waals surface area (Å²) in [7, 11) is 0. The molecule has 0 aliphatic carbocycles. The van der Waals surface area contributed by atoms with E-state index in [0.717, 1.165) is 11.1 Å². The first kappa shape index (κ1) is 15.8. The molecule has 22 heavy (non-hydrogen) atoms. The van der Waals surface area contributed by atoms with E-state index < -0.39 is 12.1 Å². The fourth-order valence-electron chi connectivity index (χ4n) is 2.14. The highest BCUT2D eigenvalue weighted by Gasteiger charge is 2.13. The molecule has 8 nitrogen and oxygen atoms in total. The van der Waals surface area contributed by atoms with E-state index in [9.17, 15) is 9.59 Å². The molecule has 0 fully saturated rings. The van der Waals surface area contributed by atoms with Gasteiger partial charge in [-0.15, -0.1) is 0 Å². The van der Waals surface area contributed by atoms with Crippen molar-refractivity contribution in [2.75, 3.05) is 6.54 Å². The molecule has 118 valence electrons. The van der Waals surface area contributed by atoms with E-state index in [1.54, 1.807) is 10.7 Å². The molecule has 2 aromatic rings. The number of hydrogen-bond acceptors (Lipinski definition) is 4. The first-order valence-corrected chi connectivity index (χ1v) is 7.06. The molecule has 2 heterocycles. The molecule has 0 spiro atoms. The predicted octanol–water partition coefficient (Wildman–Crippen LogP) is -0.274. The Balaban J connectivity index is 1.79. The number of carbonyl (C=O) groups excluding carboxylic acids is 2. The average molecular weight is 304 g/mol. The molecule has 1 atom stereocenters. The molecule has 3 amide bonds. The van der Waals surface area contributed by atoms with E-state index in [1.165, 1.54) is 0 Å². The maximum Gasteiger partial charge on any atom is 0.312 e. The van der Waals surface area contributed by atoms with Crippen LogP contribution in [0.1, 0.15) is 18.4 Å². The summed E-state index contributed by atoms with van der Waals surface area (Å²) in [6.45, 7) is 0.799. The predicted molar refractivity (Wildman–Crippen MR) is 81.8 cm³/mol. The Labute approximate surface area is 127 Å². The zero-order chi connectivity index (χ0) is 15.9. The molecule has 8 heteroatoms. The Morgan fingerprint density at radius 2 is 2.14 bits per heavy atom. The maximum absolute atomic E-state index is 11.9. The van der Waals surface area contributed by atoms with Crippen LogP contribution in [-0.2, 0) is 11.3 Å². The largest absolute Gasteiger partial charge is 0.352 e. The van der Waals surface area contributed by atoms with Crippen molar-refractivity contribution in [3.8, 4) is 0 Å². The monoisotopic (exact) mass is 304 g/mol. The first-order valence-electron chi connectivity index (χ1n) is 7.06. The van der Waals surface area contributed by atoms with Gasteiger partial charge < -0.3 is 22.1 Å². The quantitative estimate of drug-likeness (QED) is 0.525. The number of aromatic nitrogens is 2. The fourth-order valence-corrected chi connectivity index (χ4v) is 2.14. The minimum atomic E-state index is -0.612. The summed E-state index contributed by atoms with van der Waals surface area (Å²) in [5.41, 5.74) is 12.7. The van der Waals surface area contributed by atoms with Crippen LogP contribution in [0.2, 0.25) is 0 Å². The lowest BCUT2D eigenvalue weighted by atomic mass is 10.1. The number of pyridine rings is 1. The Hall–Kier alpha value is -2.61. The van der Waals surface area contributed by atoms with Gasteiger partial charge in [-0.2, -0.15) is 5.10 Å². The minimum Gasteiger partial charge on any atom is -0.352 e. The third-order valence-electron chi connectivity index (χ3n) is 3.30. The third kappa shape index (κ3) is 4.19. The van der Waals surface area contributed by atoms with Crippen LogP contribution in [0.15, 0.2) is 30.6 Å². The molecule has 0 radical (unpaired) electrons. The van der Waals surface area contributed by atoms with E-state index in [4.69, 9.17) is 11.5 Å². The lowest BCUT2D eigenvalue weighted by molar-refractivity contribution is -0.122. The van der Waals surface area contributed by atoms with Gasteiger partial charge in [0.05, 0.1) is 11.6 Å². The number of hydrogen-bond donors (Lipinski definition) is 4. The van der Waals surface area contributed by atoms with Crippen molar-refractivity contribution in [1.29, 1.82) is 0 Å². The molecule has 0 aliphatic rings. The smallest absolute Gasteiger partial charge is 0.312 e. The van der Waals surface area contributed by atoms with Gasteiger partial charge in [0, 0.05) is 25.5 Å². The molecule has 6 N–H and O–H groups in total. The zero-order valence-corrected chi connectivity index (χ0v) is 12.2. The van der Waals surface area contributed by atoms with Crippen LogP contribution in [0.25, 0.3) is 5.52 Å². The van der Waals surface area contributed by atoms with E-state index in [1.807, 2.05) is 24.4 Å². The molecule has 2 aromatic heterocycles. The van der Waals surface area contributed by atoms with E-state index in [-0.39, 0.29) is 5.91 Å². The second-order valence-corrected chi connectivity index (χ2v) is 4.95. The van der Waals surface area contributed by atoms with Crippen molar-refractivity contribution >= 4 is 17.5 Å². The molecule has 0 unspecified atom stereocenters. The standard InChI is InChI=1S/C14H20N6O2/c15-11(4-1-6-17-14(16)22)13(21)18-9-10-3-2-8-20-12(10)5-7-19-20/h2-3,5,7-8,11H,1,4,6,9,15H2,(H,18,21)(H3,16,17,22)/t11-/m0/s1. The number of nitrogens with zero attached hydrogens (tertiary/aromatic N) is 2. The van der Waals surface area contributed by atoms with Crippen molar-refractivity contribution in [1.82, 2.24) is 20.2 Å². The summed E-state index contributed by atoms with van der Waals surface area (Å²) in [4.78, 5) is 22.5. The topological polar surface area (TPSA) is 128 Å². The highest BCUT2D eigenvalue weighted by molar-refractivity contribution is 5.81. The SMILES string of the molecule is NC(=O)NCCC[C@H](N)C(=O)NCc1cccn2nccc12. The number of nitrogens with one attached hydrogen (secondary N) is 2. The molecule has 0 saturated heterocycles. The van der Waals surface area contributed by atoms with E-state index >= 15 is 0 Å². The fraction of sp³-hybridized carbons (Fsp3) is 0.357. The van der Waals surface area contributed by atoms with Gasteiger partial charge in [-0.3, -0.25) is 4.79 Å². The summed E-state index contributed by atoms with van der Waals surface area (Å²) in [6, 6.07) is 4.50. The Morgan fingerprint density at radius 1 is 1.32 bits per heavy atom. The summed E-state index contributed by atoms with van der Waals surface area (Å²) in [5.74, 6) is -0.222. The van der Waals surface area contributed by atoms with Crippen molar-refractivity contribution in [3.05, 3.63) is 36.2 Å². The molecule has 0 aliphatic heterocycles. The number of fused-ring (bicyclic) bond motifs is 1. The van der Waals surface area contributed by atoms with Gasteiger partial charge in [0.25, 0.3) is 0 Å². The molecular formula is C14H20N6O2. The van der Waals surface area contributed by atoms with Gasteiger partial charge in [0.15, 0.2) is 0 Å². The number of nitrogens with two attached hydrogens (primary N) is 2. The normalized spacial score (nSPS) is 12.0. The van der Waals surface area contributed by atoms with E-state index in [2.05, 4.69) is 15.7 Å². The van der Waals surface area contributed by atoms with Crippen LogP contribution in [0.4, 0.5) is 4.79 Å². The van der Waals surface area contributed by atoms with Crippen molar-refractivity contribution < 1.29 is 9.59 Å². The second-order valence-electron chi connectivity index (χ2n) is 4.95. The highest BCUT2D eigenvalue weighted by Crippen LogP contribution is 2.09. The number of urea groups is 1. The van der Waals surface area contributed by atoms with Crippen LogP contribution >= 0.6 is 0 Å². The van der Waals surface area contributed by atoms with Crippen molar-refractivity contribution in [3.63, 3.8) is 0 Å². The Bertz CT molecular complexity index is 654. The first-order chi connectivity index (χ1) is 10.6. The Morgan fingerprint density at radius 3 is 2.91 bits per heavy atom. The molecular weight excluding hydrogens is 284 g/mol. The summed E-state index contributed by atoms with van der Waals surface area (Å²) < 4.78 is 1.75. The highest BCUT2D eigenvalue weighted by atomic mass is 16.2. The van der Waals surface area contributed by atoms with Gasteiger partial charge >= 0.3 is 6.03 Å². The molecule has 0 saturated carbocycles. The zero-order valence-electron chi connectivity index (χ0n) is 12.2. The van der Waals surface area contributed by atoms with Crippen molar-refractivity contribution in [2.45, 2.75) is 25.4 Å². The number of rotatable bonds is 7. The molecule has 2 rings (SSSR count). The van der Waals surface area contributed by atoms with E-state index in [0.29, 0.717) is 25.9 Å². The average Bonchev–Trinajstić information content (AvgIpc) is 2.97. The number of primary amides is 1. The van der Waals surface area contributed by atoms with Crippen molar-refractivity contribution in [2.24, 2.45) is 11.5 Å². The summed E-state index contributed by atoms with van der Waals surface area (Å²) in [5, 5.41) is 9.41. The van der Waals surface area contributed by atoms with Gasteiger partial charge in [0.2, 0.25) is 5.91 Å². The van der Waals surface area contributed by atoms with Gasteiger partial charge in [0.1, 0.15) is 0 Å². The summed E-state index contributed by atoms with van der Waals surface area (Å²) in [6.07, 6.45) is 4.62.